The summed E-state index contributed by atoms with van der Waals surface area (Å²) in [7, 11) is 1.79. The molecular weight excluding hydrogens is 328 g/mol. The predicted octanol–water partition coefficient (Wildman–Crippen LogP) is 3.91. The minimum absolute atomic E-state index is 0.0108. The molecule has 3 nitrogen and oxygen atoms in total. The van der Waals surface area contributed by atoms with Crippen LogP contribution in [0.2, 0.25) is 0 Å². The van der Waals surface area contributed by atoms with Crippen LogP contribution >= 0.6 is 15.9 Å². The first kappa shape index (κ1) is 13.9. The average molecular weight is 343 g/mol. The van der Waals surface area contributed by atoms with E-state index in [9.17, 15) is 4.79 Å². The van der Waals surface area contributed by atoms with Gasteiger partial charge in [-0.15, -0.1) is 0 Å². The van der Waals surface area contributed by atoms with Crippen LogP contribution in [0.3, 0.4) is 0 Å². The van der Waals surface area contributed by atoms with E-state index < -0.39 is 0 Å². The van der Waals surface area contributed by atoms with Crippen LogP contribution in [0.4, 0.5) is 5.69 Å². The third kappa shape index (κ3) is 2.72. The summed E-state index contributed by atoms with van der Waals surface area (Å²) >= 11 is 3.54. The Labute approximate surface area is 131 Å². The van der Waals surface area contributed by atoms with Crippen molar-refractivity contribution in [1.29, 1.82) is 0 Å². The molecule has 0 atom stereocenters. The van der Waals surface area contributed by atoms with Crippen LogP contribution in [0.1, 0.15) is 5.56 Å². The molecule has 0 unspecified atom stereocenters. The number of halogens is 1. The van der Waals surface area contributed by atoms with Crippen molar-refractivity contribution in [2.45, 2.75) is 6.54 Å². The van der Waals surface area contributed by atoms with E-state index in [0.717, 1.165) is 26.6 Å². The Morgan fingerprint density at radius 2 is 1.81 bits per heavy atom. The monoisotopic (exact) mass is 342 g/mol. The van der Waals surface area contributed by atoms with Crippen LogP contribution in [-0.4, -0.2) is 4.57 Å². The first-order chi connectivity index (χ1) is 10.2. The van der Waals surface area contributed by atoms with Gasteiger partial charge in [-0.1, -0.05) is 52.3 Å². The molecular formula is C17H15BrN2O. The van der Waals surface area contributed by atoms with E-state index in [-0.39, 0.29) is 5.56 Å². The zero-order valence-electron chi connectivity index (χ0n) is 11.6. The normalized spacial score (nSPS) is 10.8. The topological polar surface area (TPSA) is 34.0 Å². The van der Waals surface area contributed by atoms with Crippen molar-refractivity contribution in [2.24, 2.45) is 7.05 Å². The summed E-state index contributed by atoms with van der Waals surface area (Å²) in [4.78, 5) is 12.0. The smallest absolute Gasteiger partial charge is 0.252 e. The molecule has 0 aliphatic heterocycles. The van der Waals surface area contributed by atoms with Crippen molar-refractivity contribution < 1.29 is 0 Å². The number of hydrogen-bond acceptors (Lipinski definition) is 2. The molecule has 1 aromatic heterocycles. The molecule has 3 rings (SSSR count). The molecule has 0 amide bonds. The molecule has 0 aliphatic carbocycles. The number of anilines is 1. The van der Waals surface area contributed by atoms with Gasteiger partial charge in [-0.2, -0.15) is 0 Å². The number of aromatic nitrogens is 1. The molecule has 0 saturated carbocycles. The lowest BCUT2D eigenvalue weighted by molar-refractivity contribution is 0.905. The molecule has 0 radical (unpaired) electrons. The lowest BCUT2D eigenvalue weighted by Gasteiger charge is -2.13. The molecule has 21 heavy (non-hydrogen) atoms. The molecule has 0 spiro atoms. The highest BCUT2D eigenvalue weighted by Gasteiger charge is 2.06. The number of nitrogens with one attached hydrogen (secondary N) is 1. The zero-order valence-corrected chi connectivity index (χ0v) is 13.2. The van der Waals surface area contributed by atoms with E-state index in [1.165, 1.54) is 0 Å². The standard InChI is InChI=1S/C17H15BrN2O/c1-20-16-9-5-3-7-13(16)15(10-17(20)21)19-11-12-6-2-4-8-14(12)18/h2-10,19H,11H2,1H3. The first-order valence-electron chi connectivity index (χ1n) is 6.73. The van der Waals surface area contributed by atoms with Crippen molar-refractivity contribution >= 4 is 32.5 Å². The third-order valence-corrected chi connectivity index (χ3v) is 4.35. The van der Waals surface area contributed by atoms with Crippen molar-refractivity contribution in [1.82, 2.24) is 4.57 Å². The van der Waals surface area contributed by atoms with E-state index in [2.05, 4.69) is 27.3 Å². The number of hydrogen-bond donors (Lipinski definition) is 1. The molecule has 0 bridgehead atoms. The fourth-order valence-electron chi connectivity index (χ4n) is 2.39. The SMILES string of the molecule is Cn1c(=O)cc(NCc2ccccc2Br)c2ccccc21. The molecule has 3 aromatic rings. The van der Waals surface area contributed by atoms with Gasteiger partial charge in [0, 0.05) is 35.2 Å². The summed E-state index contributed by atoms with van der Waals surface area (Å²) in [6, 6.07) is 17.6. The van der Waals surface area contributed by atoms with Gasteiger partial charge < -0.3 is 9.88 Å². The second kappa shape index (κ2) is 5.74. The minimum Gasteiger partial charge on any atom is -0.380 e. The van der Waals surface area contributed by atoms with E-state index >= 15 is 0 Å². The van der Waals surface area contributed by atoms with Crippen molar-refractivity contribution in [3.8, 4) is 0 Å². The third-order valence-electron chi connectivity index (χ3n) is 3.58. The summed E-state index contributed by atoms with van der Waals surface area (Å²) in [6.07, 6.45) is 0. The van der Waals surface area contributed by atoms with Crippen LogP contribution in [0.25, 0.3) is 10.9 Å². The van der Waals surface area contributed by atoms with Crippen molar-refractivity contribution in [2.75, 3.05) is 5.32 Å². The van der Waals surface area contributed by atoms with Gasteiger partial charge in [-0.3, -0.25) is 4.79 Å². The Bertz CT molecular complexity index is 855. The molecule has 4 heteroatoms. The van der Waals surface area contributed by atoms with Gasteiger partial charge in [0.1, 0.15) is 0 Å². The van der Waals surface area contributed by atoms with Gasteiger partial charge in [0.15, 0.2) is 0 Å². The molecule has 2 aromatic carbocycles. The molecule has 0 fully saturated rings. The Hall–Kier alpha value is -2.07. The van der Waals surface area contributed by atoms with Gasteiger partial charge in [-0.25, -0.2) is 0 Å². The number of aryl methyl sites for hydroxylation is 1. The minimum atomic E-state index is -0.0108. The van der Waals surface area contributed by atoms with Crippen LogP contribution in [0, 0.1) is 0 Å². The lowest BCUT2D eigenvalue weighted by atomic mass is 10.1. The van der Waals surface area contributed by atoms with E-state index in [0.29, 0.717) is 6.54 Å². The summed E-state index contributed by atoms with van der Waals surface area (Å²) in [5.41, 5.74) is 2.94. The van der Waals surface area contributed by atoms with Gasteiger partial charge in [0.05, 0.1) is 5.52 Å². The zero-order chi connectivity index (χ0) is 14.8. The molecule has 0 saturated heterocycles. The molecule has 0 aliphatic rings. The number of para-hydroxylation sites is 1. The lowest BCUT2D eigenvalue weighted by Crippen LogP contribution is -2.17. The number of fused-ring (bicyclic) bond motifs is 1. The van der Waals surface area contributed by atoms with E-state index in [1.807, 2.05) is 42.5 Å². The summed E-state index contributed by atoms with van der Waals surface area (Å²) < 4.78 is 2.73. The highest BCUT2D eigenvalue weighted by atomic mass is 79.9. The second-order valence-electron chi connectivity index (χ2n) is 4.92. The van der Waals surface area contributed by atoms with Crippen molar-refractivity contribution in [3.05, 3.63) is 75.0 Å². The number of pyridine rings is 1. The fourth-order valence-corrected chi connectivity index (χ4v) is 2.81. The van der Waals surface area contributed by atoms with Gasteiger partial charge >= 0.3 is 0 Å². The quantitative estimate of drug-likeness (QED) is 0.782. The molecule has 1 N–H and O–H groups in total. The van der Waals surface area contributed by atoms with E-state index in [4.69, 9.17) is 0 Å². The predicted molar refractivity (Wildman–Crippen MR) is 90.7 cm³/mol. The Balaban J connectivity index is 2.00. The second-order valence-corrected chi connectivity index (χ2v) is 5.77. The van der Waals surface area contributed by atoms with Crippen LogP contribution in [0.15, 0.2) is 63.9 Å². The van der Waals surface area contributed by atoms with Crippen LogP contribution in [0.5, 0.6) is 0 Å². The Kier molecular flexibility index (Phi) is 3.80. The largest absolute Gasteiger partial charge is 0.380 e. The maximum atomic E-state index is 12.0. The number of benzene rings is 2. The molecule has 1 heterocycles. The summed E-state index contributed by atoms with van der Waals surface area (Å²) in [6.45, 7) is 0.665. The first-order valence-corrected chi connectivity index (χ1v) is 7.52. The highest BCUT2D eigenvalue weighted by molar-refractivity contribution is 9.10. The Morgan fingerprint density at radius 3 is 2.62 bits per heavy atom. The van der Waals surface area contributed by atoms with Gasteiger partial charge in [0.2, 0.25) is 0 Å². The summed E-state index contributed by atoms with van der Waals surface area (Å²) in [5.74, 6) is 0. The van der Waals surface area contributed by atoms with Gasteiger partial charge in [0.25, 0.3) is 5.56 Å². The maximum absolute atomic E-state index is 12.0. The van der Waals surface area contributed by atoms with Crippen molar-refractivity contribution in [3.63, 3.8) is 0 Å². The molecule has 106 valence electrons. The number of rotatable bonds is 3. The summed E-state index contributed by atoms with van der Waals surface area (Å²) in [5, 5.41) is 4.42. The fraction of sp³-hybridized carbons (Fsp3) is 0.118. The maximum Gasteiger partial charge on any atom is 0.252 e. The number of nitrogens with zero attached hydrogens (tertiary/aromatic N) is 1. The highest BCUT2D eigenvalue weighted by Crippen LogP contribution is 2.23. The van der Waals surface area contributed by atoms with Crippen LogP contribution < -0.4 is 10.9 Å². The van der Waals surface area contributed by atoms with Crippen LogP contribution in [-0.2, 0) is 13.6 Å². The van der Waals surface area contributed by atoms with E-state index in [1.54, 1.807) is 17.7 Å². The Morgan fingerprint density at radius 1 is 1.10 bits per heavy atom. The van der Waals surface area contributed by atoms with Gasteiger partial charge in [-0.05, 0) is 17.7 Å². The average Bonchev–Trinajstić information content (AvgIpc) is 2.51.